The van der Waals surface area contributed by atoms with Gasteiger partial charge >= 0.3 is 6.18 Å². The Balaban J connectivity index is 1.58. The van der Waals surface area contributed by atoms with E-state index >= 15 is 0 Å². The van der Waals surface area contributed by atoms with Crippen molar-refractivity contribution in [2.45, 2.75) is 51.7 Å². The molecule has 1 unspecified atom stereocenters. The summed E-state index contributed by atoms with van der Waals surface area (Å²) >= 11 is 0. The molecule has 170 valence electrons. The second-order valence-corrected chi connectivity index (χ2v) is 9.13. The number of hydrogen-bond donors (Lipinski definition) is 2. The first-order valence-electron chi connectivity index (χ1n) is 10.6. The number of carbonyl (C=O) groups excluding carboxylic acids is 2. The Kier molecular flexibility index (Phi) is 6.34. The molecule has 6 nitrogen and oxygen atoms in total. The van der Waals surface area contributed by atoms with E-state index in [0.29, 0.717) is 44.8 Å². The van der Waals surface area contributed by atoms with Crippen molar-refractivity contribution in [1.29, 1.82) is 5.41 Å². The molecule has 9 heteroatoms. The van der Waals surface area contributed by atoms with Crippen LogP contribution in [0.2, 0.25) is 0 Å². The highest BCUT2D eigenvalue weighted by molar-refractivity contribution is 6.07. The van der Waals surface area contributed by atoms with E-state index in [9.17, 15) is 22.8 Å². The number of guanidine groups is 1. The number of alkyl halides is 3. The van der Waals surface area contributed by atoms with Gasteiger partial charge in [-0.25, -0.2) is 0 Å². The molecule has 0 radical (unpaired) electrons. The fourth-order valence-corrected chi connectivity index (χ4v) is 4.50. The molecule has 2 saturated heterocycles. The van der Waals surface area contributed by atoms with Crippen LogP contribution in [-0.2, 0) is 11.0 Å². The second-order valence-electron chi connectivity index (χ2n) is 9.13. The fraction of sp³-hybridized carbons (Fsp3) is 0.591. The van der Waals surface area contributed by atoms with E-state index < -0.39 is 23.2 Å². The quantitative estimate of drug-likeness (QED) is 0.736. The first-order valence-corrected chi connectivity index (χ1v) is 10.6. The zero-order valence-electron chi connectivity index (χ0n) is 18.1. The first kappa shape index (κ1) is 23.1. The van der Waals surface area contributed by atoms with Gasteiger partial charge in [0.05, 0.1) is 5.56 Å². The lowest BCUT2D eigenvalue weighted by Gasteiger charge is -2.34. The fourth-order valence-electron chi connectivity index (χ4n) is 4.50. The van der Waals surface area contributed by atoms with Crippen molar-refractivity contribution < 1.29 is 22.8 Å². The number of amides is 2. The molecule has 3 rings (SSSR count). The average Bonchev–Trinajstić information content (AvgIpc) is 2.89. The smallest absolute Gasteiger partial charge is 0.342 e. The Hall–Kier alpha value is -2.58. The summed E-state index contributed by atoms with van der Waals surface area (Å²) < 4.78 is 38.8. The summed E-state index contributed by atoms with van der Waals surface area (Å²) in [5.41, 5.74) is -1.58. The van der Waals surface area contributed by atoms with E-state index in [1.54, 1.807) is 4.90 Å². The number of benzene rings is 1. The van der Waals surface area contributed by atoms with E-state index in [0.717, 1.165) is 12.1 Å². The lowest BCUT2D eigenvalue weighted by molar-refractivity contribution is -0.137. The Morgan fingerprint density at radius 2 is 1.94 bits per heavy atom. The maximum atomic E-state index is 12.9. The number of halogens is 3. The predicted molar refractivity (Wildman–Crippen MR) is 111 cm³/mol. The molecular weight excluding hydrogens is 409 g/mol. The maximum absolute atomic E-state index is 12.9. The number of hydrogen-bond acceptors (Lipinski definition) is 3. The average molecular weight is 438 g/mol. The molecule has 2 N–H and O–H groups in total. The van der Waals surface area contributed by atoms with Gasteiger partial charge in [-0.3, -0.25) is 19.9 Å². The topological polar surface area (TPSA) is 76.5 Å². The summed E-state index contributed by atoms with van der Waals surface area (Å²) in [6, 6.07) is 4.48. The van der Waals surface area contributed by atoms with Crippen LogP contribution in [0, 0.1) is 17.2 Å². The zero-order chi connectivity index (χ0) is 23.0. The molecule has 2 fully saturated rings. The number of piperidine rings is 1. The van der Waals surface area contributed by atoms with Crippen molar-refractivity contribution >= 4 is 17.8 Å². The van der Waals surface area contributed by atoms with Crippen LogP contribution in [0.15, 0.2) is 24.3 Å². The van der Waals surface area contributed by atoms with Crippen molar-refractivity contribution in [3.05, 3.63) is 35.4 Å². The minimum atomic E-state index is -4.49. The van der Waals surface area contributed by atoms with Crippen LogP contribution in [0.25, 0.3) is 0 Å². The summed E-state index contributed by atoms with van der Waals surface area (Å²) in [5, 5.41) is 11.2. The van der Waals surface area contributed by atoms with Crippen LogP contribution in [0.1, 0.15) is 56.0 Å². The zero-order valence-corrected chi connectivity index (χ0v) is 18.1. The Morgan fingerprint density at radius 3 is 2.52 bits per heavy atom. The van der Waals surface area contributed by atoms with E-state index in [1.165, 1.54) is 17.0 Å². The maximum Gasteiger partial charge on any atom is 0.416 e. The van der Waals surface area contributed by atoms with Gasteiger partial charge in [-0.2, -0.15) is 13.2 Å². The third-order valence-corrected chi connectivity index (χ3v) is 5.98. The van der Waals surface area contributed by atoms with Crippen LogP contribution in [0.4, 0.5) is 13.2 Å². The molecule has 0 saturated carbocycles. The van der Waals surface area contributed by atoms with Gasteiger partial charge in [-0.05, 0) is 56.2 Å². The van der Waals surface area contributed by atoms with Crippen molar-refractivity contribution in [3.63, 3.8) is 0 Å². The molecule has 0 spiro atoms. The first-order chi connectivity index (χ1) is 14.4. The minimum absolute atomic E-state index is 0.0263. The molecule has 31 heavy (non-hydrogen) atoms. The van der Waals surface area contributed by atoms with E-state index in [1.807, 2.05) is 20.8 Å². The van der Waals surface area contributed by atoms with Gasteiger partial charge in [0.15, 0.2) is 5.96 Å². The highest BCUT2D eigenvalue weighted by Crippen LogP contribution is 2.31. The summed E-state index contributed by atoms with van der Waals surface area (Å²) in [7, 11) is 0. The largest absolute Gasteiger partial charge is 0.416 e. The molecule has 2 aliphatic heterocycles. The van der Waals surface area contributed by atoms with Gasteiger partial charge in [0.25, 0.3) is 11.8 Å². The SMILES string of the molecule is CC(C)CC1(C)NC(=N)N(CC2CCN(C(=O)c3cccc(C(F)(F)F)c3)CC2)C1=O. The number of nitrogens with zero attached hydrogens (tertiary/aromatic N) is 2. The molecule has 0 aliphatic carbocycles. The number of likely N-dealkylation sites (tertiary alicyclic amines) is 1. The monoisotopic (exact) mass is 438 g/mol. The standard InChI is InChI=1S/C22H29F3N4O2/c1-14(2)12-21(3)19(31)29(20(26)27-21)13-15-7-9-28(10-8-15)18(30)16-5-4-6-17(11-16)22(23,24)25/h4-6,11,14-15H,7-10,12-13H2,1-3H3,(H2,26,27). The summed E-state index contributed by atoms with van der Waals surface area (Å²) in [4.78, 5) is 28.6. The van der Waals surface area contributed by atoms with Crippen molar-refractivity contribution in [3.8, 4) is 0 Å². The molecule has 2 heterocycles. The summed E-state index contributed by atoms with van der Waals surface area (Å²) in [6.45, 7) is 7.11. The predicted octanol–water partition coefficient (Wildman–Crippen LogP) is 3.73. The van der Waals surface area contributed by atoms with Crippen molar-refractivity contribution in [2.24, 2.45) is 11.8 Å². The van der Waals surface area contributed by atoms with Crippen LogP contribution < -0.4 is 5.32 Å². The molecule has 1 aromatic carbocycles. The lowest BCUT2D eigenvalue weighted by Crippen LogP contribution is -2.46. The molecule has 2 amide bonds. The van der Waals surface area contributed by atoms with Crippen molar-refractivity contribution in [1.82, 2.24) is 15.1 Å². The molecule has 1 atom stereocenters. The van der Waals surface area contributed by atoms with Gasteiger partial charge in [-0.1, -0.05) is 19.9 Å². The lowest BCUT2D eigenvalue weighted by atomic mass is 9.90. The highest BCUT2D eigenvalue weighted by Gasteiger charge is 2.46. The normalized spacial score (nSPS) is 22.9. The third kappa shape index (κ3) is 5.02. The van der Waals surface area contributed by atoms with E-state index in [-0.39, 0.29) is 23.3 Å². The van der Waals surface area contributed by atoms with E-state index in [2.05, 4.69) is 5.32 Å². The molecule has 1 aromatic rings. The van der Waals surface area contributed by atoms with Gasteiger partial charge in [0.2, 0.25) is 0 Å². The van der Waals surface area contributed by atoms with Crippen LogP contribution >= 0.6 is 0 Å². The molecule has 2 aliphatic rings. The Morgan fingerprint density at radius 1 is 1.29 bits per heavy atom. The third-order valence-electron chi connectivity index (χ3n) is 5.98. The molecule has 0 bridgehead atoms. The van der Waals surface area contributed by atoms with Gasteiger partial charge in [0, 0.05) is 25.2 Å². The van der Waals surface area contributed by atoms with Crippen LogP contribution in [0.3, 0.4) is 0 Å². The number of nitrogens with one attached hydrogen (secondary N) is 2. The van der Waals surface area contributed by atoms with Gasteiger partial charge in [0.1, 0.15) is 5.54 Å². The Bertz CT molecular complexity index is 863. The Labute approximate surface area is 180 Å². The highest BCUT2D eigenvalue weighted by atomic mass is 19.4. The summed E-state index contributed by atoms with van der Waals surface area (Å²) in [6.07, 6.45) is -2.60. The van der Waals surface area contributed by atoms with E-state index in [4.69, 9.17) is 5.41 Å². The minimum Gasteiger partial charge on any atom is -0.342 e. The molecule has 0 aromatic heterocycles. The second kappa shape index (κ2) is 8.51. The summed E-state index contributed by atoms with van der Waals surface area (Å²) in [5.74, 6) is 0.0161. The number of carbonyl (C=O) groups is 2. The van der Waals surface area contributed by atoms with Crippen LogP contribution in [-0.4, -0.2) is 52.7 Å². The van der Waals surface area contributed by atoms with Gasteiger partial charge in [-0.15, -0.1) is 0 Å². The number of rotatable bonds is 5. The van der Waals surface area contributed by atoms with Crippen molar-refractivity contribution in [2.75, 3.05) is 19.6 Å². The van der Waals surface area contributed by atoms with Gasteiger partial charge < -0.3 is 10.2 Å². The van der Waals surface area contributed by atoms with Crippen LogP contribution in [0.5, 0.6) is 0 Å². The molecular formula is C22H29F3N4O2.